The van der Waals surface area contributed by atoms with Gasteiger partial charge in [-0.1, -0.05) is 66.4 Å². The molecule has 2 aromatic heterocycles. The Hall–Kier alpha value is -3.69. The van der Waals surface area contributed by atoms with Crippen LogP contribution in [0.3, 0.4) is 0 Å². The molecular formula is C24H18N4O3S2. The summed E-state index contributed by atoms with van der Waals surface area (Å²) in [6.07, 6.45) is 1.93. The number of thioether (sulfide) groups is 1. The quantitative estimate of drug-likeness (QED) is 0.337. The molecule has 33 heavy (non-hydrogen) atoms. The first-order chi connectivity index (χ1) is 16.0. The Morgan fingerprint density at radius 2 is 1.79 bits per heavy atom. The Kier molecular flexibility index (Phi) is 5.57. The number of aromatic carboxylic acids is 1. The Morgan fingerprint density at radius 3 is 2.45 bits per heavy atom. The highest BCUT2D eigenvalue weighted by molar-refractivity contribution is 7.98. The molecule has 0 spiro atoms. The average Bonchev–Trinajstić information content (AvgIpc) is 3.43. The van der Waals surface area contributed by atoms with Crippen LogP contribution < -0.4 is 4.87 Å². The molecule has 2 N–H and O–H groups in total. The van der Waals surface area contributed by atoms with E-state index in [1.807, 2.05) is 65.4 Å². The van der Waals surface area contributed by atoms with Crippen molar-refractivity contribution in [3.05, 3.63) is 87.5 Å². The number of benzene rings is 3. The number of rotatable bonds is 6. The SMILES string of the molecule is CSc1nc2cccc(C(=O)O)c2n1Cc1ccc(-c2ccccc2-c2nc(=O)s[nH]2)cc1. The Morgan fingerprint density at radius 1 is 1.03 bits per heavy atom. The predicted octanol–water partition coefficient (Wildman–Crippen LogP) is 4.98. The molecule has 2 heterocycles. The van der Waals surface area contributed by atoms with Gasteiger partial charge in [0.15, 0.2) is 11.0 Å². The fourth-order valence-corrected chi connectivity index (χ4v) is 4.94. The van der Waals surface area contributed by atoms with E-state index in [-0.39, 0.29) is 10.4 Å². The highest BCUT2D eigenvalue weighted by Crippen LogP contribution is 2.31. The number of carboxylic acid groups (broad SMARTS) is 1. The maximum Gasteiger partial charge on any atom is 0.344 e. The third kappa shape index (κ3) is 3.96. The number of para-hydroxylation sites is 1. The number of aromatic amines is 1. The van der Waals surface area contributed by atoms with Crippen LogP contribution in [-0.4, -0.2) is 36.2 Å². The standard InChI is InChI=1S/C24H18N4O3S2/c1-32-23-25-19-8-4-7-18(22(29)30)20(19)28(23)13-14-9-11-15(12-10-14)16-5-2-3-6-17(16)21-26-24(31)33-27-21/h2-12H,13H2,1H3,(H,29,30)(H,26,27,31). The van der Waals surface area contributed by atoms with Crippen molar-refractivity contribution in [2.75, 3.05) is 6.26 Å². The highest BCUT2D eigenvalue weighted by Gasteiger charge is 2.18. The van der Waals surface area contributed by atoms with Gasteiger partial charge in [0.25, 0.3) is 0 Å². The number of H-pyrrole nitrogens is 1. The van der Waals surface area contributed by atoms with E-state index >= 15 is 0 Å². The molecule has 0 aliphatic rings. The van der Waals surface area contributed by atoms with Gasteiger partial charge in [-0.3, -0.25) is 9.17 Å². The van der Waals surface area contributed by atoms with Crippen molar-refractivity contribution in [2.45, 2.75) is 11.7 Å². The van der Waals surface area contributed by atoms with Crippen LogP contribution in [0.25, 0.3) is 33.5 Å². The maximum atomic E-state index is 11.8. The number of carbonyl (C=O) groups is 1. The second kappa shape index (κ2) is 8.68. The molecule has 0 saturated heterocycles. The molecular weight excluding hydrogens is 456 g/mol. The summed E-state index contributed by atoms with van der Waals surface area (Å²) >= 11 is 2.46. The molecule has 0 radical (unpaired) electrons. The van der Waals surface area contributed by atoms with Gasteiger partial charge in [-0.05, 0) is 35.1 Å². The van der Waals surface area contributed by atoms with E-state index in [1.54, 1.807) is 12.1 Å². The van der Waals surface area contributed by atoms with Crippen molar-refractivity contribution in [1.82, 2.24) is 18.9 Å². The van der Waals surface area contributed by atoms with E-state index in [9.17, 15) is 14.7 Å². The molecule has 9 heteroatoms. The van der Waals surface area contributed by atoms with Gasteiger partial charge in [-0.2, -0.15) is 4.98 Å². The van der Waals surface area contributed by atoms with Crippen LogP contribution >= 0.6 is 23.3 Å². The minimum atomic E-state index is -0.971. The van der Waals surface area contributed by atoms with Gasteiger partial charge in [0.05, 0.1) is 23.1 Å². The molecule has 7 nitrogen and oxygen atoms in total. The van der Waals surface area contributed by atoms with Gasteiger partial charge >= 0.3 is 10.8 Å². The molecule has 0 bridgehead atoms. The van der Waals surface area contributed by atoms with Crippen molar-refractivity contribution >= 4 is 40.3 Å². The first-order valence-corrected chi connectivity index (χ1v) is 12.1. The van der Waals surface area contributed by atoms with E-state index in [0.29, 0.717) is 23.4 Å². The van der Waals surface area contributed by atoms with Crippen LogP contribution in [0.15, 0.2) is 76.7 Å². The normalized spacial score (nSPS) is 11.2. The zero-order valence-electron chi connectivity index (χ0n) is 17.5. The van der Waals surface area contributed by atoms with E-state index in [4.69, 9.17) is 0 Å². The molecule has 0 aliphatic carbocycles. The Bertz CT molecular complexity index is 1530. The summed E-state index contributed by atoms with van der Waals surface area (Å²) < 4.78 is 4.93. The van der Waals surface area contributed by atoms with Gasteiger partial charge in [0.2, 0.25) is 0 Å². The predicted molar refractivity (Wildman–Crippen MR) is 131 cm³/mol. The molecule has 0 unspecified atom stereocenters. The molecule has 0 atom stereocenters. The monoisotopic (exact) mass is 474 g/mol. The first kappa shape index (κ1) is 21.2. The number of hydrogen-bond acceptors (Lipinski definition) is 6. The second-order valence-corrected chi connectivity index (χ2v) is 8.87. The zero-order chi connectivity index (χ0) is 22.9. The van der Waals surface area contributed by atoms with Gasteiger partial charge in [-0.15, -0.1) is 0 Å². The van der Waals surface area contributed by atoms with Crippen LogP contribution in [0, 0.1) is 0 Å². The smallest absolute Gasteiger partial charge is 0.344 e. The minimum Gasteiger partial charge on any atom is -0.478 e. The van der Waals surface area contributed by atoms with Crippen molar-refractivity contribution < 1.29 is 9.90 Å². The topological polar surface area (TPSA) is 101 Å². The number of imidazole rings is 1. The lowest BCUT2D eigenvalue weighted by atomic mass is 9.98. The molecule has 5 rings (SSSR count). The second-order valence-electron chi connectivity index (χ2n) is 7.34. The fourth-order valence-electron chi connectivity index (χ4n) is 3.90. The third-order valence-electron chi connectivity index (χ3n) is 5.37. The molecule has 5 aromatic rings. The number of nitrogens with zero attached hydrogens (tertiary/aromatic N) is 3. The van der Waals surface area contributed by atoms with E-state index < -0.39 is 5.97 Å². The van der Waals surface area contributed by atoms with Crippen LogP contribution in [0.2, 0.25) is 0 Å². The number of fused-ring (bicyclic) bond motifs is 1. The van der Waals surface area contributed by atoms with Gasteiger partial charge in [0.1, 0.15) is 0 Å². The van der Waals surface area contributed by atoms with Crippen LogP contribution in [0.5, 0.6) is 0 Å². The number of carboxylic acids is 1. The minimum absolute atomic E-state index is 0.239. The summed E-state index contributed by atoms with van der Waals surface area (Å²) in [4.78, 5) is 31.7. The van der Waals surface area contributed by atoms with E-state index in [0.717, 1.165) is 38.9 Å². The van der Waals surface area contributed by atoms with E-state index in [1.165, 1.54) is 11.8 Å². The van der Waals surface area contributed by atoms with Gasteiger partial charge in [0, 0.05) is 17.1 Å². The first-order valence-electron chi connectivity index (χ1n) is 10.1. The lowest BCUT2D eigenvalue weighted by molar-refractivity contribution is 0.0698. The van der Waals surface area contributed by atoms with Gasteiger partial charge < -0.3 is 9.67 Å². The number of nitrogens with one attached hydrogen (secondary N) is 1. The lowest BCUT2D eigenvalue weighted by Crippen LogP contribution is -2.06. The molecule has 0 saturated carbocycles. The summed E-state index contributed by atoms with van der Waals surface area (Å²) in [5.74, 6) is -0.415. The summed E-state index contributed by atoms with van der Waals surface area (Å²) in [5.41, 5.74) is 5.38. The van der Waals surface area contributed by atoms with Crippen LogP contribution in [0.1, 0.15) is 15.9 Å². The zero-order valence-corrected chi connectivity index (χ0v) is 19.1. The van der Waals surface area contributed by atoms with Crippen molar-refractivity contribution in [3.8, 4) is 22.5 Å². The highest BCUT2D eigenvalue weighted by atomic mass is 32.2. The van der Waals surface area contributed by atoms with Gasteiger partial charge in [-0.25, -0.2) is 9.78 Å². The Balaban J connectivity index is 1.52. The molecule has 164 valence electrons. The molecule has 3 aromatic carbocycles. The summed E-state index contributed by atoms with van der Waals surface area (Å²) in [6, 6.07) is 21.0. The number of aromatic nitrogens is 4. The van der Waals surface area contributed by atoms with Crippen LogP contribution in [-0.2, 0) is 6.54 Å². The molecule has 0 fully saturated rings. The van der Waals surface area contributed by atoms with Crippen molar-refractivity contribution in [2.24, 2.45) is 0 Å². The lowest BCUT2D eigenvalue weighted by Gasteiger charge is -2.11. The summed E-state index contributed by atoms with van der Waals surface area (Å²) in [5, 5.41) is 10.4. The summed E-state index contributed by atoms with van der Waals surface area (Å²) in [7, 11) is 0. The summed E-state index contributed by atoms with van der Waals surface area (Å²) in [6.45, 7) is 0.498. The largest absolute Gasteiger partial charge is 0.478 e. The average molecular weight is 475 g/mol. The van der Waals surface area contributed by atoms with E-state index in [2.05, 4.69) is 14.3 Å². The maximum absolute atomic E-state index is 11.8. The fraction of sp³-hybridized carbons (Fsp3) is 0.0833. The van der Waals surface area contributed by atoms with Crippen molar-refractivity contribution in [3.63, 3.8) is 0 Å². The van der Waals surface area contributed by atoms with Crippen molar-refractivity contribution in [1.29, 1.82) is 0 Å². The molecule has 0 aliphatic heterocycles. The Labute approximate surface area is 196 Å². The number of hydrogen-bond donors (Lipinski definition) is 2. The third-order valence-corrected chi connectivity index (χ3v) is 6.61. The van der Waals surface area contributed by atoms with Crippen LogP contribution in [0.4, 0.5) is 0 Å². The molecule has 0 amide bonds.